The molecular formula is C11H10F2N2O3. The van der Waals surface area contributed by atoms with Crippen LogP contribution in [0.5, 0.6) is 0 Å². The molecule has 1 aromatic carbocycles. The third-order valence-corrected chi connectivity index (χ3v) is 2.38. The van der Waals surface area contributed by atoms with Gasteiger partial charge in [-0.15, -0.1) is 0 Å². The van der Waals surface area contributed by atoms with Crippen molar-refractivity contribution in [1.29, 1.82) is 0 Å². The molecule has 1 aliphatic heterocycles. The molecule has 0 aliphatic carbocycles. The van der Waals surface area contributed by atoms with Gasteiger partial charge in [-0.25, -0.2) is 4.79 Å². The molecule has 0 saturated carbocycles. The number of cyclic esters (lactones) is 1. The van der Waals surface area contributed by atoms with E-state index in [-0.39, 0.29) is 12.3 Å². The van der Waals surface area contributed by atoms with Crippen LogP contribution in [0.2, 0.25) is 0 Å². The van der Waals surface area contributed by atoms with E-state index in [2.05, 4.69) is 5.32 Å². The van der Waals surface area contributed by atoms with Crippen LogP contribution in [0.25, 0.3) is 0 Å². The lowest BCUT2D eigenvalue weighted by molar-refractivity contribution is -0.126. The number of amides is 2. The third kappa shape index (κ3) is 2.55. The van der Waals surface area contributed by atoms with E-state index < -0.39 is 18.4 Å². The fourth-order valence-corrected chi connectivity index (χ4v) is 1.58. The lowest BCUT2D eigenvalue weighted by Gasteiger charge is -2.14. The standard InChI is InChI=1S/C11H10F2N2O3/c12-9(13)10(16)14-7-2-1-3-8(6-7)15-4-5-18-11(15)17/h1-3,6,9H,4-5H2,(H,14,16). The second-order valence-corrected chi connectivity index (χ2v) is 3.61. The van der Waals surface area contributed by atoms with Gasteiger partial charge in [-0.3, -0.25) is 9.69 Å². The van der Waals surface area contributed by atoms with Crippen molar-refractivity contribution < 1.29 is 23.1 Å². The van der Waals surface area contributed by atoms with Crippen molar-refractivity contribution in [2.45, 2.75) is 6.43 Å². The van der Waals surface area contributed by atoms with Gasteiger partial charge in [0.15, 0.2) is 0 Å². The third-order valence-electron chi connectivity index (χ3n) is 2.38. The molecule has 0 spiro atoms. The van der Waals surface area contributed by atoms with E-state index in [1.165, 1.54) is 17.0 Å². The van der Waals surface area contributed by atoms with Crippen LogP contribution in [0.3, 0.4) is 0 Å². The number of ether oxygens (including phenoxy) is 1. The highest BCUT2D eigenvalue weighted by molar-refractivity contribution is 5.95. The van der Waals surface area contributed by atoms with Crippen molar-refractivity contribution in [2.24, 2.45) is 0 Å². The van der Waals surface area contributed by atoms with Crippen molar-refractivity contribution in [3.05, 3.63) is 24.3 Å². The molecule has 0 unspecified atom stereocenters. The van der Waals surface area contributed by atoms with E-state index in [4.69, 9.17) is 4.74 Å². The summed E-state index contributed by atoms with van der Waals surface area (Å²) in [5, 5.41) is 2.05. The van der Waals surface area contributed by atoms with Crippen LogP contribution < -0.4 is 10.2 Å². The number of rotatable bonds is 3. The molecule has 1 saturated heterocycles. The minimum atomic E-state index is -3.08. The van der Waals surface area contributed by atoms with Crippen LogP contribution in [0.15, 0.2) is 24.3 Å². The summed E-state index contributed by atoms with van der Waals surface area (Å²) < 4.78 is 28.9. The van der Waals surface area contributed by atoms with Crippen molar-refractivity contribution in [2.75, 3.05) is 23.4 Å². The van der Waals surface area contributed by atoms with Crippen LogP contribution in [-0.2, 0) is 9.53 Å². The molecule has 5 nitrogen and oxygen atoms in total. The van der Waals surface area contributed by atoms with Crippen LogP contribution in [0, 0.1) is 0 Å². The molecule has 18 heavy (non-hydrogen) atoms. The number of nitrogens with zero attached hydrogens (tertiary/aromatic N) is 1. The number of hydrogen-bond acceptors (Lipinski definition) is 3. The molecule has 0 aromatic heterocycles. The van der Waals surface area contributed by atoms with Gasteiger partial charge in [-0.2, -0.15) is 8.78 Å². The topological polar surface area (TPSA) is 58.6 Å². The van der Waals surface area contributed by atoms with Gasteiger partial charge in [-0.05, 0) is 18.2 Å². The molecule has 1 fully saturated rings. The fraction of sp³-hybridized carbons (Fsp3) is 0.273. The molecule has 0 radical (unpaired) electrons. The van der Waals surface area contributed by atoms with Gasteiger partial charge in [0.1, 0.15) is 6.61 Å². The number of hydrogen-bond donors (Lipinski definition) is 1. The first-order chi connectivity index (χ1) is 8.58. The number of nitrogens with one attached hydrogen (secondary N) is 1. The predicted molar refractivity (Wildman–Crippen MR) is 59.8 cm³/mol. The van der Waals surface area contributed by atoms with Gasteiger partial charge in [-0.1, -0.05) is 6.07 Å². The monoisotopic (exact) mass is 256 g/mol. The SMILES string of the molecule is O=C(Nc1cccc(N2CCOC2=O)c1)C(F)F. The highest BCUT2D eigenvalue weighted by Gasteiger charge is 2.24. The van der Waals surface area contributed by atoms with Crippen molar-refractivity contribution in [3.8, 4) is 0 Å². The van der Waals surface area contributed by atoms with Gasteiger partial charge >= 0.3 is 12.5 Å². The van der Waals surface area contributed by atoms with Crippen LogP contribution in [0.1, 0.15) is 0 Å². The van der Waals surface area contributed by atoms with Gasteiger partial charge in [0.2, 0.25) is 0 Å². The summed E-state index contributed by atoms with van der Waals surface area (Å²) in [6, 6.07) is 6.09. The Labute approximate surface area is 101 Å². The van der Waals surface area contributed by atoms with E-state index in [9.17, 15) is 18.4 Å². The van der Waals surface area contributed by atoms with E-state index in [0.29, 0.717) is 12.2 Å². The van der Waals surface area contributed by atoms with Gasteiger partial charge in [0.25, 0.3) is 5.91 Å². The first-order valence-corrected chi connectivity index (χ1v) is 5.21. The number of benzene rings is 1. The summed E-state index contributed by atoms with van der Waals surface area (Å²) in [4.78, 5) is 23.5. The summed E-state index contributed by atoms with van der Waals surface area (Å²) in [6.45, 7) is 0.678. The molecule has 0 bridgehead atoms. The lowest BCUT2D eigenvalue weighted by atomic mass is 10.2. The fourth-order valence-electron chi connectivity index (χ4n) is 1.58. The van der Waals surface area contributed by atoms with Crippen LogP contribution in [0.4, 0.5) is 25.0 Å². The smallest absolute Gasteiger partial charge is 0.414 e. The summed E-state index contributed by atoms with van der Waals surface area (Å²) >= 11 is 0. The maximum absolute atomic E-state index is 12.1. The average Bonchev–Trinajstić information content (AvgIpc) is 2.75. The van der Waals surface area contributed by atoms with E-state index >= 15 is 0 Å². The zero-order valence-electron chi connectivity index (χ0n) is 9.23. The Morgan fingerprint density at radius 3 is 2.83 bits per heavy atom. The lowest BCUT2D eigenvalue weighted by Crippen LogP contribution is -2.24. The average molecular weight is 256 g/mol. The number of carbonyl (C=O) groups excluding carboxylic acids is 2. The Hall–Kier alpha value is -2.18. The molecular weight excluding hydrogens is 246 g/mol. The van der Waals surface area contributed by atoms with Crippen LogP contribution >= 0.6 is 0 Å². The number of alkyl halides is 2. The van der Waals surface area contributed by atoms with Gasteiger partial charge in [0.05, 0.1) is 6.54 Å². The first-order valence-electron chi connectivity index (χ1n) is 5.21. The molecule has 1 N–H and O–H groups in total. The minimum absolute atomic E-state index is 0.206. The normalized spacial score (nSPS) is 14.8. The highest BCUT2D eigenvalue weighted by atomic mass is 19.3. The largest absolute Gasteiger partial charge is 0.447 e. The maximum Gasteiger partial charge on any atom is 0.414 e. The predicted octanol–water partition coefficient (Wildman–Crippen LogP) is 1.85. The second kappa shape index (κ2) is 4.99. The first kappa shape index (κ1) is 12.3. The van der Waals surface area contributed by atoms with Crippen molar-refractivity contribution in [1.82, 2.24) is 0 Å². The van der Waals surface area contributed by atoms with E-state index in [0.717, 1.165) is 0 Å². The zero-order valence-corrected chi connectivity index (χ0v) is 9.23. The van der Waals surface area contributed by atoms with Crippen LogP contribution in [-0.4, -0.2) is 31.6 Å². The Morgan fingerprint density at radius 2 is 2.22 bits per heavy atom. The number of anilines is 2. The Bertz CT molecular complexity index is 479. The summed E-state index contributed by atoms with van der Waals surface area (Å²) in [5.74, 6) is -1.38. The minimum Gasteiger partial charge on any atom is -0.447 e. The molecule has 2 amide bonds. The molecule has 2 rings (SSSR count). The van der Waals surface area contributed by atoms with E-state index in [1.54, 1.807) is 12.1 Å². The summed E-state index contributed by atoms with van der Waals surface area (Å²) in [6.07, 6.45) is -3.57. The van der Waals surface area contributed by atoms with Crippen molar-refractivity contribution in [3.63, 3.8) is 0 Å². The number of carbonyl (C=O) groups is 2. The highest BCUT2D eigenvalue weighted by Crippen LogP contribution is 2.22. The maximum atomic E-state index is 12.1. The number of halogens is 2. The summed E-state index contributed by atoms with van der Waals surface area (Å²) in [5.41, 5.74) is 0.696. The summed E-state index contributed by atoms with van der Waals surface area (Å²) in [7, 11) is 0. The quantitative estimate of drug-likeness (QED) is 0.897. The second-order valence-electron chi connectivity index (χ2n) is 3.61. The molecule has 96 valence electrons. The Balaban J connectivity index is 2.15. The molecule has 7 heteroatoms. The van der Waals surface area contributed by atoms with E-state index in [1.807, 2.05) is 0 Å². The zero-order chi connectivity index (χ0) is 13.1. The van der Waals surface area contributed by atoms with Gasteiger partial charge < -0.3 is 10.1 Å². The van der Waals surface area contributed by atoms with Crippen molar-refractivity contribution >= 4 is 23.4 Å². The Morgan fingerprint density at radius 1 is 1.44 bits per heavy atom. The molecule has 1 heterocycles. The molecule has 0 atom stereocenters. The van der Waals surface area contributed by atoms with Gasteiger partial charge in [0, 0.05) is 11.4 Å². The Kier molecular flexibility index (Phi) is 3.40. The molecule has 1 aliphatic rings. The molecule has 1 aromatic rings.